The van der Waals surface area contributed by atoms with Gasteiger partial charge in [0.1, 0.15) is 0 Å². The SMILES string of the molecule is CCC(SSSSC(CC)c1ccccc1)c1ccccc1. The quantitative estimate of drug-likeness (QED) is 0.326. The first kappa shape index (κ1) is 18.2. The Labute approximate surface area is 149 Å². The van der Waals surface area contributed by atoms with E-state index in [1.54, 1.807) is 0 Å². The van der Waals surface area contributed by atoms with Gasteiger partial charge in [0.05, 0.1) is 0 Å². The number of benzene rings is 2. The van der Waals surface area contributed by atoms with Crippen molar-refractivity contribution in [3.05, 3.63) is 71.8 Å². The molecule has 0 radical (unpaired) electrons. The zero-order valence-electron chi connectivity index (χ0n) is 13.0. The Balaban J connectivity index is 1.78. The van der Waals surface area contributed by atoms with Gasteiger partial charge in [-0.15, -0.1) is 0 Å². The van der Waals surface area contributed by atoms with Gasteiger partial charge in [-0.1, -0.05) is 96.1 Å². The maximum absolute atomic E-state index is 2.27. The smallest absolute Gasteiger partial charge is 0.0406 e. The van der Waals surface area contributed by atoms with Gasteiger partial charge in [-0.2, -0.15) is 0 Å². The van der Waals surface area contributed by atoms with Crippen LogP contribution in [0.15, 0.2) is 60.7 Å². The molecular weight excluding hydrogens is 344 g/mol. The number of rotatable bonds is 9. The molecule has 0 saturated heterocycles. The molecule has 2 unspecified atom stereocenters. The fourth-order valence-corrected chi connectivity index (χ4v) is 9.50. The molecule has 4 heteroatoms. The second kappa shape index (κ2) is 10.6. The van der Waals surface area contributed by atoms with E-state index >= 15 is 0 Å². The van der Waals surface area contributed by atoms with Gasteiger partial charge in [0.25, 0.3) is 0 Å². The topological polar surface area (TPSA) is 0 Å². The summed E-state index contributed by atoms with van der Waals surface area (Å²) in [7, 11) is 7.79. The zero-order chi connectivity index (χ0) is 15.6. The molecule has 0 bridgehead atoms. The highest BCUT2D eigenvalue weighted by Crippen LogP contribution is 2.54. The van der Waals surface area contributed by atoms with Crippen molar-refractivity contribution in [2.24, 2.45) is 0 Å². The summed E-state index contributed by atoms with van der Waals surface area (Å²) in [6, 6.07) is 21.6. The molecule has 22 heavy (non-hydrogen) atoms. The van der Waals surface area contributed by atoms with Crippen LogP contribution < -0.4 is 0 Å². The molecule has 0 heterocycles. The second-order valence-electron chi connectivity index (χ2n) is 4.94. The van der Waals surface area contributed by atoms with Crippen molar-refractivity contribution in [2.45, 2.75) is 37.2 Å². The van der Waals surface area contributed by atoms with Crippen LogP contribution in [0.4, 0.5) is 0 Å². The molecule has 0 aliphatic carbocycles. The van der Waals surface area contributed by atoms with Crippen LogP contribution in [0.5, 0.6) is 0 Å². The van der Waals surface area contributed by atoms with E-state index in [0.717, 1.165) is 0 Å². The van der Waals surface area contributed by atoms with Crippen molar-refractivity contribution in [3.8, 4) is 0 Å². The predicted octanol–water partition coefficient (Wildman–Crippen LogP) is 7.97. The summed E-state index contributed by atoms with van der Waals surface area (Å²) in [5.41, 5.74) is 2.87. The van der Waals surface area contributed by atoms with Crippen LogP contribution in [-0.4, -0.2) is 0 Å². The lowest BCUT2D eigenvalue weighted by molar-refractivity contribution is 0.901. The predicted molar refractivity (Wildman–Crippen MR) is 109 cm³/mol. The van der Waals surface area contributed by atoms with Gasteiger partial charge in [-0.05, 0) is 43.6 Å². The Kier molecular flexibility index (Phi) is 8.75. The van der Waals surface area contributed by atoms with Crippen molar-refractivity contribution in [3.63, 3.8) is 0 Å². The maximum atomic E-state index is 2.27. The normalized spacial score (nSPS) is 13.7. The van der Waals surface area contributed by atoms with Gasteiger partial charge in [-0.3, -0.25) is 0 Å². The molecule has 2 atom stereocenters. The fourth-order valence-electron chi connectivity index (χ4n) is 2.18. The molecule has 0 aliphatic heterocycles. The molecule has 2 aromatic carbocycles. The van der Waals surface area contributed by atoms with E-state index in [0.29, 0.717) is 10.5 Å². The number of hydrogen-bond acceptors (Lipinski definition) is 4. The average Bonchev–Trinajstić information content (AvgIpc) is 2.60. The van der Waals surface area contributed by atoms with E-state index in [4.69, 9.17) is 0 Å². The number of hydrogen-bond donors (Lipinski definition) is 0. The second-order valence-corrected chi connectivity index (χ2v) is 11.2. The third kappa shape index (κ3) is 5.80. The molecule has 2 aromatic rings. The van der Waals surface area contributed by atoms with Gasteiger partial charge in [0.2, 0.25) is 0 Å². The Morgan fingerprint density at radius 2 is 1.00 bits per heavy atom. The molecule has 2 rings (SSSR count). The van der Waals surface area contributed by atoms with Crippen LogP contribution in [-0.2, 0) is 0 Å². The van der Waals surface area contributed by atoms with Crippen LogP contribution in [0, 0.1) is 0 Å². The lowest BCUT2D eigenvalue weighted by Crippen LogP contribution is -1.89. The summed E-state index contributed by atoms with van der Waals surface area (Å²) in [6.45, 7) is 4.53. The van der Waals surface area contributed by atoms with Gasteiger partial charge in [-0.25, -0.2) is 0 Å². The minimum absolute atomic E-state index is 0.580. The molecule has 0 aromatic heterocycles. The summed E-state index contributed by atoms with van der Waals surface area (Å²) in [6.07, 6.45) is 2.34. The summed E-state index contributed by atoms with van der Waals surface area (Å²) in [4.78, 5) is 0. The highest BCUT2D eigenvalue weighted by molar-refractivity contribution is 9.26. The standard InChI is InChI=1S/C18H22S4/c1-3-17(15-11-7-5-8-12-15)19-21-22-20-18(4-2)16-13-9-6-10-14-16/h5-14,17-18H,3-4H2,1-2H3. The Morgan fingerprint density at radius 1 is 0.636 bits per heavy atom. The third-order valence-corrected chi connectivity index (χ3v) is 10.8. The minimum Gasteiger partial charge on any atom is -0.0735 e. The molecular formula is C18H22S4. The minimum atomic E-state index is 0.580. The lowest BCUT2D eigenvalue weighted by Gasteiger charge is -2.16. The van der Waals surface area contributed by atoms with Crippen LogP contribution in [0.2, 0.25) is 0 Å². The molecule has 118 valence electrons. The van der Waals surface area contributed by atoms with Gasteiger partial charge in [0, 0.05) is 10.5 Å². The van der Waals surface area contributed by atoms with Crippen LogP contribution in [0.3, 0.4) is 0 Å². The van der Waals surface area contributed by atoms with E-state index in [2.05, 4.69) is 74.5 Å². The summed E-state index contributed by atoms with van der Waals surface area (Å²) < 4.78 is 0. The molecule has 0 saturated carbocycles. The largest absolute Gasteiger partial charge is 0.0735 e. The Morgan fingerprint density at radius 3 is 1.32 bits per heavy atom. The van der Waals surface area contributed by atoms with E-state index in [-0.39, 0.29) is 0 Å². The van der Waals surface area contributed by atoms with Gasteiger partial charge in [0.15, 0.2) is 0 Å². The monoisotopic (exact) mass is 366 g/mol. The summed E-state index contributed by atoms with van der Waals surface area (Å²) >= 11 is 0. The van der Waals surface area contributed by atoms with E-state index in [9.17, 15) is 0 Å². The van der Waals surface area contributed by atoms with Crippen molar-refractivity contribution >= 4 is 41.2 Å². The van der Waals surface area contributed by atoms with Crippen molar-refractivity contribution in [1.29, 1.82) is 0 Å². The molecule has 0 amide bonds. The third-order valence-electron chi connectivity index (χ3n) is 3.42. The highest BCUT2D eigenvalue weighted by Gasteiger charge is 2.13. The van der Waals surface area contributed by atoms with Gasteiger partial charge >= 0.3 is 0 Å². The summed E-state index contributed by atoms with van der Waals surface area (Å²) in [5.74, 6) is 0. The van der Waals surface area contributed by atoms with Crippen molar-refractivity contribution in [1.82, 2.24) is 0 Å². The Bertz CT molecular complexity index is 466. The fraction of sp³-hybridized carbons (Fsp3) is 0.333. The van der Waals surface area contributed by atoms with Crippen LogP contribution in [0.25, 0.3) is 0 Å². The van der Waals surface area contributed by atoms with E-state index in [1.165, 1.54) is 24.0 Å². The molecule has 0 N–H and O–H groups in total. The van der Waals surface area contributed by atoms with Crippen LogP contribution >= 0.6 is 41.2 Å². The average molecular weight is 367 g/mol. The van der Waals surface area contributed by atoms with Crippen molar-refractivity contribution < 1.29 is 0 Å². The van der Waals surface area contributed by atoms with E-state index < -0.39 is 0 Å². The van der Waals surface area contributed by atoms with Gasteiger partial charge < -0.3 is 0 Å². The molecule has 0 aliphatic rings. The first-order valence-corrected chi connectivity index (χ1v) is 12.5. The van der Waals surface area contributed by atoms with Crippen LogP contribution in [0.1, 0.15) is 48.3 Å². The Hall–Kier alpha value is -0.160. The lowest BCUT2D eigenvalue weighted by atomic mass is 10.1. The summed E-state index contributed by atoms with van der Waals surface area (Å²) in [5, 5.41) is 1.16. The molecule has 0 fully saturated rings. The van der Waals surface area contributed by atoms with Crippen molar-refractivity contribution in [2.75, 3.05) is 0 Å². The molecule has 0 spiro atoms. The maximum Gasteiger partial charge on any atom is 0.0406 e. The molecule has 0 nitrogen and oxygen atoms in total. The van der Waals surface area contributed by atoms with E-state index in [1.807, 2.05) is 41.2 Å². The highest BCUT2D eigenvalue weighted by atomic mass is 33.7. The zero-order valence-corrected chi connectivity index (χ0v) is 16.2. The first-order valence-electron chi connectivity index (χ1n) is 7.60. The first-order chi connectivity index (χ1) is 10.8.